The summed E-state index contributed by atoms with van der Waals surface area (Å²) in [4.78, 5) is 22.5. The van der Waals surface area contributed by atoms with Crippen molar-refractivity contribution < 1.29 is 24.2 Å². The standard InChI is InChI=1S/C14H19NO5/c1-4-13(16)15-10(14(17)18)7-9-5-6-11(19-2)12(8-9)20-3/h5-6,8,10H,4,7H2,1-3H3,(H,15,16)(H,17,18)/t10-/m1/s1. The Morgan fingerprint density at radius 3 is 2.40 bits per heavy atom. The number of carbonyl (C=O) groups excluding carboxylic acids is 1. The molecule has 2 N–H and O–H groups in total. The molecule has 0 bridgehead atoms. The molecule has 0 fully saturated rings. The Labute approximate surface area is 117 Å². The number of rotatable bonds is 7. The first kappa shape index (κ1) is 15.8. The third-order valence-electron chi connectivity index (χ3n) is 2.84. The van der Waals surface area contributed by atoms with Gasteiger partial charge in [0.05, 0.1) is 14.2 Å². The van der Waals surface area contributed by atoms with E-state index in [1.54, 1.807) is 25.1 Å². The molecular formula is C14H19NO5. The summed E-state index contributed by atoms with van der Waals surface area (Å²) >= 11 is 0. The van der Waals surface area contributed by atoms with Gasteiger partial charge >= 0.3 is 5.97 Å². The molecule has 110 valence electrons. The van der Waals surface area contributed by atoms with Crippen LogP contribution in [0.4, 0.5) is 0 Å². The molecule has 0 aliphatic rings. The van der Waals surface area contributed by atoms with Crippen molar-refractivity contribution in [2.75, 3.05) is 14.2 Å². The highest BCUT2D eigenvalue weighted by atomic mass is 16.5. The van der Waals surface area contributed by atoms with E-state index in [9.17, 15) is 9.59 Å². The van der Waals surface area contributed by atoms with E-state index in [4.69, 9.17) is 14.6 Å². The summed E-state index contributed by atoms with van der Waals surface area (Å²) in [7, 11) is 3.04. The quantitative estimate of drug-likeness (QED) is 0.785. The van der Waals surface area contributed by atoms with E-state index in [-0.39, 0.29) is 18.7 Å². The predicted octanol–water partition coefficient (Wildman–Crippen LogP) is 1.23. The number of carboxylic acids is 1. The van der Waals surface area contributed by atoms with Crippen molar-refractivity contribution >= 4 is 11.9 Å². The fraction of sp³-hybridized carbons (Fsp3) is 0.429. The van der Waals surface area contributed by atoms with Gasteiger partial charge in [0.1, 0.15) is 6.04 Å². The summed E-state index contributed by atoms with van der Waals surface area (Å²) in [6.07, 6.45) is 0.428. The highest BCUT2D eigenvalue weighted by Crippen LogP contribution is 2.27. The van der Waals surface area contributed by atoms with Crippen molar-refractivity contribution in [3.05, 3.63) is 23.8 Å². The molecule has 0 unspecified atom stereocenters. The number of benzene rings is 1. The van der Waals surface area contributed by atoms with E-state index >= 15 is 0 Å². The van der Waals surface area contributed by atoms with Gasteiger partial charge in [-0.3, -0.25) is 4.79 Å². The van der Waals surface area contributed by atoms with Crippen molar-refractivity contribution in [1.82, 2.24) is 5.32 Å². The number of amides is 1. The van der Waals surface area contributed by atoms with Crippen molar-refractivity contribution in [2.24, 2.45) is 0 Å². The molecule has 6 nitrogen and oxygen atoms in total. The van der Waals surface area contributed by atoms with E-state index in [0.29, 0.717) is 11.5 Å². The average molecular weight is 281 g/mol. The third kappa shape index (κ3) is 4.15. The Balaban J connectivity index is 2.88. The monoisotopic (exact) mass is 281 g/mol. The first-order chi connectivity index (χ1) is 9.51. The number of ether oxygens (including phenoxy) is 2. The second kappa shape index (κ2) is 7.37. The van der Waals surface area contributed by atoms with Crippen LogP contribution in [0, 0.1) is 0 Å². The van der Waals surface area contributed by atoms with Crippen LogP contribution in [0.25, 0.3) is 0 Å². The van der Waals surface area contributed by atoms with Gasteiger partial charge in [-0.25, -0.2) is 4.79 Å². The third-order valence-corrected chi connectivity index (χ3v) is 2.84. The molecule has 0 saturated heterocycles. The van der Waals surface area contributed by atoms with Crippen LogP contribution < -0.4 is 14.8 Å². The molecule has 1 rings (SSSR count). The Morgan fingerprint density at radius 2 is 1.90 bits per heavy atom. The molecule has 20 heavy (non-hydrogen) atoms. The summed E-state index contributed by atoms with van der Waals surface area (Å²) in [5.41, 5.74) is 0.742. The van der Waals surface area contributed by atoms with Crippen LogP contribution in [0.15, 0.2) is 18.2 Å². The molecule has 0 aromatic heterocycles. The first-order valence-electron chi connectivity index (χ1n) is 6.24. The van der Waals surface area contributed by atoms with Gasteiger partial charge in [0.2, 0.25) is 5.91 Å². The van der Waals surface area contributed by atoms with Crippen LogP contribution in [0.2, 0.25) is 0 Å². The maximum absolute atomic E-state index is 11.3. The maximum atomic E-state index is 11.3. The summed E-state index contributed by atoms with van der Waals surface area (Å²) in [6.45, 7) is 1.67. The van der Waals surface area contributed by atoms with E-state index in [2.05, 4.69) is 5.32 Å². The lowest BCUT2D eigenvalue weighted by atomic mass is 10.1. The minimum absolute atomic E-state index is 0.182. The molecule has 1 aromatic rings. The van der Waals surface area contributed by atoms with Gasteiger partial charge in [-0.05, 0) is 17.7 Å². The van der Waals surface area contributed by atoms with Gasteiger partial charge in [0.15, 0.2) is 11.5 Å². The van der Waals surface area contributed by atoms with Crippen LogP contribution in [0.5, 0.6) is 11.5 Å². The number of nitrogens with one attached hydrogen (secondary N) is 1. The number of carboxylic acid groups (broad SMARTS) is 1. The van der Waals surface area contributed by atoms with E-state index < -0.39 is 12.0 Å². The SMILES string of the molecule is CCC(=O)N[C@H](Cc1ccc(OC)c(OC)c1)C(=O)O. The maximum Gasteiger partial charge on any atom is 0.326 e. The molecule has 1 amide bonds. The summed E-state index contributed by atoms with van der Waals surface area (Å²) in [5, 5.41) is 11.6. The Bertz CT molecular complexity index is 486. The van der Waals surface area contributed by atoms with Crippen LogP contribution in [-0.4, -0.2) is 37.2 Å². The zero-order valence-electron chi connectivity index (χ0n) is 11.8. The molecule has 0 radical (unpaired) electrons. The van der Waals surface area contributed by atoms with E-state index in [1.807, 2.05) is 0 Å². The molecular weight excluding hydrogens is 262 g/mol. The van der Waals surface area contributed by atoms with E-state index in [0.717, 1.165) is 5.56 Å². The minimum Gasteiger partial charge on any atom is -0.493 e. The second-order valence-electron chi connectivity index (χ2n) is 4.21. The number of hydrogen-bond acceptors (Lipinski definition) is 4. The fourth-order valence-corrected chi connectivity index (χ4v) is 1.74. The van der Waals surface area contributed by atoms with Crippen LogP contribution in [0.3, 0.4) is 0 Å². The summed E-state index contributed by atoms with van der Waals surface area (Å²) in [5.74, 6) is -0.267. The zero-order valence-corrected chi connectivity index (χ0v) is 11.8. The largest absolute Gasteiger partial charge is 0.493 e. The van der Waals surface area contributed by atoms with Crippen LogP contribution in [-0.2, 0) is 16.0 Å². The van der Waals surface area contributed by atoms with E-state index in [1.165, 1.54) is 14.2 Å². The fourth-order valence-electron chi connectivity index (χ4n) is 1.74. The van der Waals surface area contributed by atoms with Gasteiger partial charge in [0.25, 0.3) is 0 Å². The Morgan fingerprint density at radius 1 is 1.25 bits per heavy atom. The Kier molecular flexibility index (Phi) is 5.83. The second-order valence-corrected chi connectivity index (χ2v) is 4.21. The van der Waals surface area contributed by atoms with Crippen molar-refractivity contribution in [3.8, 4) is 11.5 Å². The van der Waals surface area contributed by atoms with Crippen molar-refractivity contribution in [3.63, 3.8) is 0 Å². The number of hydrogen-bond donors (Lipinski definition) is 2. The van der Waals surface area contributed by atoms with Crippen LogP contribution >= 0.6 is 0 Å². The number of methoxy groups -OCH3 is 2. The summed E-state index contributed by atoms with van der Waals surface area (Å²) < 4.78 is 10.3. The minimum atomic E-state index is -1.07. The zero-order chi connectivity index (χ0) is 15.1. The molecule has 0 heterocycles. The number of carbonyl (C=O) groups is 2. The van der Waals surface area contributed by atoms with Gasteiger partial charge in [0, 0.05) is 12.8 Å². The van der Waals surface area contributed by atoms with Gasteiger partial charge in [-0.1, -0.05) is 13.0 Å². The predicted molar refractivity (Wildman–Crippen MR) is 73.1 cm³/mol. The molecule has 1 atom stereocenters. The molecule has 0 aliphatic heterocycles. The van der Waals surface area contributed by atoms with Crippen LogP contribution in [0.1, 0.15) is 18.9 Å². The molecule has 6 heteroatoms. The highest BCUT2D eigenvalue weighted by molar-refractivity contribution is 5.83. The lowest BCUT2D eigenvalue weighted by Crippen LogP contribution is -2.42. The molecule has 0 aliphatic carbocycles. The van der Waals surface area contributed by atoms with Gasteiger partial charge < -0.3 is 19.9 Å². The summed E-state index contributed by atoms with van der Waals surface area (Å²) in [6, 6.07) is 4.19. The lowest BCUT2D eigenvalue weighted by molar-refractivity contribution is -0.141. The molecule has 1 aromatic carbocycles. The normalized spacial score (nSPS) is 11.6. The van der Waals surface area contributed by atoms with Gasteiger partial charge in [-0.15, -0.1) is 0 Å². The molecule has 0 spiro atoms. The number of aliphatic carboxylic acids is 1. The smallest absolute Gasteiger partial charge is 0.326 e. The lowest BCUT2D eigenvalue weighted by Gasteiger charge is -2.15. The topological polar surface area (TPSA) is 84.9 Å². The molecule has 0 saturated carbocycles. The van der Waals surface area contributed by atoms with Gasteiger partial charge in [-0.2, -0.15) is 0 Å². The first-order valence-corrected chi connectivity index (χ1v) is 6.24. The van der Waals surface area contributed by atoms with Crippen molar-refractivity contribution in [1.29, 1.82) is 0 Å². The highest BCUT2D eigenvalue weighted by Gasteiger charge is 2.20. The average Bonchev–Trinajstić information content (AvgIpc) is 2.45. The van der Waals surface area contributed by atoms with Crippen molar-refractivity contribution in [2.45, 2.75) is 25.8 Å². The Hall–Kier alpha value is -2.24.